The number of aryl methyl sites for hydroxylation is 1. The van der Waals surface area contributed by atoms with E-state index in [9.17, 15) is 0 Å². The molecule has 0 fully saturated rings. The van der Waals surface area contributed by atoms with Crippen LogP contribution in [0.15, 0.2) is 35.1 Å². The predicted octanol–water partition coefficient (Wildman–Crippen LogP) is 3.76. The summed E-state index contributed by atoms with van der Waals surface area (Å²) in [6.45, 7) is 0. The lowest BCUT2D eigenvalue weighted by atomic mass is 9.93. The molecule has 0 spiro atoms. The number of pyridine rings is 1. The van der Waals surface area contributed by atoms with Crippen molar-refractivity contribution in [2.45, 2.75) is 25.3 Å². The van der Waals surface area contributed by atoms with Crippen LogP contribution in [-0.2, 0) is 6.42 Å². The summed E-state index contributed by atoms with van der Waals surface area (Å²) in [6, 6.07) is 5.91. The molecular weight excluding hydrogens is 288 g/mol. The highest BCUT2D eigenvalue weighted by Crippen LogP contribution is 2.34. The lowest BCUT2D eigenvalue weighted by Crippen LogP contribution is -2.17. The van der Waals surface area contributed by atoms with E-state index in [0.29, 0.717) is 5.82 Å². The van der Waals surface area contributed by atoms with Crippen molar-refractivity contribution < 1.29 is 4.42 Å². The van der Waals surface area contributed by atoms with E-state index in [1.54, 1.807) is 12.5 Å². The molecular formula is C15H13ClN4O. The van der Waals surface area contributed by atoms with Gasteiger partial charge in [0, 0.05) is 18.2 Å². The van der Waals surface area contributed by atoms with E-state index in [1.807, 2.05) is 18.2 Å². The summed E-state index contributed by atoms with van der Waals surface area (Å²) < 4.78 is 5.52. The number of hydrogen-bond donors (Lipinski definition) is 1. The van der Waals surface area contributed by atoms with E-state index < -0.39 is 0 Å². The molecule has 106 valence electrons. The van der Waals surface area contributed by atoms with Gasteiger partial charge in [-0.1, -0.05) is 0 Å². The van der Waals surface area contributed by atoms with E-state index in [4.69, 9.17) is 16.0 Å². The smallest absolute Gasteiger partial charge is 0.225 e. The van der Waals surface area contributed by atoms with Gasteiger partial charge < -0.3 is 9.73 Å². The number of hydrogen-bond acceptors (Lipinski definition) is 5. The summed E-state index contributed by atoms with van der Waals surface area (Å²) in [5.74, 6) is 1.72. The number of furan rings is 1. The quantitative estimate of drug-likeness (QED) is 0.730. The molecule has 0 aromatic carbocycles. The summed E-state index contributed by atoms with van der Waals surface area (Å²) in [6.07, 6.45) is 6.58. The van der Waals surface area contributed by atoms with Crippen molar-refractivity contribution in [2.75, 3.05) is 5.32 Å². The number of aromatic nitrogens is 3. The van der Waals surface area contributed by atoms with E-state index in [0.717, 1.165) is 36.1 Å². The molecule has 3 aromatic heterocycles. The third-order valence-electron chi connectivity index (χ3n) is 3.79. The minimum absolute atomic E-state index is 0.170. The Morgan fingerprint density at radius 3 is 3.19 bits per heavy atom. The zero-order valence-electron chi connectivity index (χ0n) is 11.2. The van der Waals surface area contributed by atoms with Gasteiger partial charge in [-0.3, -0.25) is 4.98 Å². The van der Waals surface area contributed by atoms with E-state index in [-0.39, 0.29) is 11.3 Å². The van der Waals surface area contributed by atoms with Gasteiger partial charge in [-0.2, -0.15) is 4.98 Å². The molecule has 1 N–H and O–H groups in total. The second kappa shape index (κ2) is 5.00. The molecule has 1 unspecified atom stereocenters. The van der Waals surface area contributed by atoms with Crippen LogP contribution in [0.3, 0.4) is 0 Å². The summed E-state index contributed by atoms with van der Waals surface area (Å²) >= 11 is 6.01. The fourth-order valence-electron chi connectivity index (χ4n) is 2.84. The molecule has 4 rings (SSSR count). The van der Waals surface area contributed by atoms with Gasteiger partial charge in [-0.05, 0) is 42.6 Å². The average molecular weight is 301 g/mol. The predicted molar refractivity (Wildman–Crippen MR) is 80.4 cm³/mol. The minimum atomic E-state index is 0.170. The van der Waals surface area contributed by atoms with Crippen LogP contribution < -0.4 is 5.32 Å². The maximum Gasteiger partial charge on any atom is 0.225 e. The Morgan fingerprint density at radius 1 is 1.29 bits per heavy atom. The van der Waals surface area contributed by atoms with Crippen molar-refractivity contribution in [1.29, 1.82) is 0 Å². The normalized spacial score (nSPS) is 17.7. The first kappa shape index (κ1) is 12.6. The average Bonchev–Trinajstić information content (AvgIpc) is 2.96. The maximum atomic E-state index is 6.01. The van der Waals surface area contributed by atoms with Gasteiger partial charge in [0.05, 0.1) is 17.8 Å². The molecule has 1 atom stereocenters. The van der Waals surface area contributed by atoms with Gasteiger partial charge in [0.2, 0.25) is 5.28 Å². The standard InChI is InChI=1S/C15H13ClN4O/c16-15-19-11-4-2-7-17-13(11)14(20-15)18-10-3-1-5-12-9(10)6-8-21-12/h2,4,6-8,10H,1,3,5H2,(H,18,19,20). The molecule has 0 amide bonds. The van der Waals surface area contributed by atoms with Crippen LogP contribution >= 0.6 is 11.6 Å². The highest BCUT2D eigenvalue weighted by molar-refractivity contribution is 6.28. The van der Waals surface area contributed by atoms with Gasteiger partial charge in [0.1, 0.15) is 11.3 Å². The molecule has 3 heterocycles. The number of nitrogens with one attached hydrogen (secondary N) is 1. The third kappa shape index (κ3) is 2.23. The summed E-state index contributed by atoms with van der Waals surface area (Å²) in [4.78, 5) is 12.9. The molecule has 1 aliphatic rings. The lowest BCUT2D eigenvalue weighted by Gasteiger charge is -2.23. The number of anilines is 1. The van der Waals surface area contributed by atoms with Crippen LogP contribution in [0.5, 0.6) is 0 Å². The van der Waals surface area contributed by atoms with E-state index in [1.165, 1.54) is 5.56 Å². The summed E-state index contributed by atoms with van der Waals surface area (Å²) in [5, 5.41) is 3.67. The molecule has 0 saturated heterocycles. The monoisotopic (exact) mass is 300 g/mol. The van der Waals surface area contributed by atoms with Crippen molar-refractivity contribution in [1.82, 2.24) is 15.0 Å². The Kier molecular flexibility index (Phi) is 3.00. The molecule has 6 heteroatoms. The van der Waals surface area contributed by atoms with Gasteiger partial charge >= 0.3 is 0 Å². The van der Waals surface area contributed by atoms with Crippen LogP contribution in [0.2, 0.25) is 5.28 Å². The van der Waals surface area contributed by atoms with Gasteiger partial charge in [-0.15, -0.1) is 0 Å². The first-order valence-electron chi connectivity index (χ1n) is 6.92. The highest BCUT2D eigenvalue weighted by atomic mass is 35.5. The number of halogens is 1. The van der Waals surface area contributed by atoms with Crippen molar-refractivity contribution in [3.8, 4) is 0 Å². The fourth-order valence-corrected chi connectivity index (χ4v) is 3.02. The highest BCUT2D eigenvalue weighted by Gasteiger charge is 2.23. The van der Waals surface area contributed by atoms with Crippen LogP contribution in [-0.4, -0.2) is 15.0 Å². The van der Waals surface area contributed by atoms with Crippen LogP contribution in [0.4, 0.5) is 5.82 Å². The van der Waals surface area contributed by atoms with Crippen molar-refractivity contribution in [2.24, 2.45) is 0 Å². The van der Waals surface area contributed by atoms with Crippen LogP contribution in [0, 0.1) is 0 Å². The summed E-state index contributed by atoms with van der Waals surface area (Å²) in [5.41, 5.74) is 2.67. The molecule has 21 heavy (non-hydrogen) atoms. The van der Waals surface area contributed by atoms with Gasteiger partial charge in [0.15, 0.2) is 5.82 Å². The van der Waals surface area contributed by atoms with Gasteiger partial charge in [0.25, 0.3) is 0 Å². The molecule has 1 aliphatic carbocycles. The topological polar surface area (TPSA) is 63.8 Å². The molecule has 5 nitrogen and oxygen atoms in total. The SMILES string of the molecule is Clc1nc(NC2CCCc3occc32)c2ncccc2n1. The number of fused-ring (bicyclic) bond motifs is 2. The van der Waals surface area contributed by atoms with Crippen molar-refractivity contribution in [3.63, 3.8) is 0 Å². The van der Waals surface area contributed by atoms with E-state index >= 15 is 0 Å². The second-order valence-electron chi connectivity index (χ2n) is 5.10. The number of nitrogens with zero attached hydrogens (tertiary/aromatic N) is 3. The van der Waals surface area contributed by atoms with Crippen LogP contribution in [0.25, 0.3) is 11.0 Å². The molecule has 0 saturated carbocycles. The minimum Gasteiger partial charge on any atom is -0.469 e. The van der Waals surface area contributed by atoms with Crippen LogP contribution in [0.1, 0.15) is 30.2 Å². The van der Waals surface area contributed by atoms with Crippen molar-refractivity contribution in [3.05, 3.63) is 47.3 Å². The Morgan fingerprint density at radius 2 is 2.24 bits per heavy atom. The summed E-state index contributed by atoms with van der Waals surface area (Å²) in [7, 11) is 0. The number of rotatable bonds is 2. The largest absolute Gasteiger partial charge is 0.469 e. The maximum absolute atomic E-state index is 6.01. The zero-order valence-corrected chi connectivity index (χ0v) is 12.0. The van der Waals surface area contributed by atoms with Crippen molar-refractivity contribution >= 4 is 28.5 Å². The fraction of sp³-hybridized carbons (Fsp3) is 0.267. The zero-order chi connectivity index (χ0) is 14.2. The molecule has 0 aliphatic heterocycles. The lowest BCUT2D eigenvalue weighted by molar-refractivity contribution is 0.461. The first-order valence-corrected chi connectivity index (χ1v) is 7.30. The Bertz CT molecular complexity index is 801. The van der Waals surface area contributed by atoms with E-state index in [2.05, 4.69) is 20.3 Å². The Hall–Kier alpha value is -2.14. The Balaban J connectivity index is 1.76. The first-order chi connectivity index (χ1) is 10.3. The molecule has 0 radical (unpaired) electrons. The third-order valence-corrected chi connectivity index (χ3v) is 3.96. The molecule has 0 bridgehead atoms. The Labute approximate surface area is 126 Å². The van der Waals surface area contributed by atoms with Gasteiger partial charge in [-0.25, -0.2) is 4.98 Å². The molecule has 3 aromatic rings. The second-order valence-corrected chi connectivity index (χ2v) is 5.44.